The van der Waals surface area contributed by atoms with E-state index in [9.17, 15) is 13.5 Å². The molecule has 1 atom stereocenters. The Morgan fingerprint density at radius 2 is 2.06 bits per heavy atom. The van der Waals surface area contributed by atoms with Crippen LogP contribution in [-0.2, 0) is 10.0 Å². The Kier molecular flexibility index (Phi) is 4.33. The Morgan fingerprint density at radius 1 is 1.44 bits per heavy atom. The third-order valence-corrected chi connectivity index (χ3v) is 3.91. The third kappa shape index (κ3) is 3.67. The lowest BCUT2D eigenvalue weighted by molar-refractivity contribution is 0.00681. The molecule has 1 unspecified atom stereocenters. The number of nitrogens with two attached hydrogens (primary N) is 1. The van der Waals surface area contributed by atoms with E-state index >= 15 is 0 Å². The first-order valence-corrected chi connectivity index (χ1v) is 6.85. The van der Waals surface area contributed by atoms with Crippen molar-refractivity contribution in [3.63, 3.8) is 0 Å². The molecule has 6 nitrogen and oxygen atoms in total. The van der Waals surface area contributed by atoms with Gasteiger partial charge in [-0.25, -0.2) is 13.1 Å². The van der Waals surface area contributed by atoms with Crippen molar-refractivity contribution in [2.24, 2.45) is 0 Å². The van der Waals surface area contributed by atoms with Gasteiger partial charge in [0.15, 0.2) is 0 Å². The maximum Gasteiger partial charge on any atom is 0.242 e. The average Bonchev–Trinajstić information content (AvgIpc) is 2.26. The van der Waals surface area contributed by atoms with Crippen molar-refractivity contribution in [2.75, 3.05) is 18.9 Å². The first-order valence-electron chi connectivity index (χ1n) is 5.37. The number of nitrogens with one attached hydrogen (secondary N) is 1. The zero-order valence-corrected chi connectivity index (χ0v) is 11.2. The van der Waals surface area contributed by atoms with Crippen LogP contribution in [0.5, 0.6) is 0 Å². The fraction of sp³-hybridized carbons (Fsp3) is 0.455. The molecule has 0 radical (unpaired) electrons. The Hall–Kier alpha value is -1.15. The van der Waals surface area contributed by atoms with Crippen LogP contribution in [0.4, 0.5) is 5.69 Å². The second-order valence-electron chi connectivity index (χ2n) is 4.52. The van der Waals surface area contributed by atoms with Crippen molar-refractivity contribution >= 4 is 15.7 Å². The molecule has 102 valence electrons. The fourth-order valence-electron chi connectivity index (χ4n) is 1.30. The van der Waals surface area contributed by atoms with Crippen LogP contribution in [0.1, 0.15) is 12.5 Å². The first kappa shape index (κ1) is 14.9. The third-order valence-electron chi connectivity index (χ3n) is 2.44. The van der Waals surface area contributed by atoms with Gasteiger partial charge >= 0.3 is 0 Å². The molecule has 0 fully saturated rings. The minimum atomic E-state index is -3.80. The van der Waals surface area contributed by atoms with Crippen molar-refractivity contribution in [3.05, 3.63) is 23.8 Å². The van der Waals surface area contributed by atoms with Crippen LogP contribution in [0, 0.1) is 6.92 Å². The number of hydrogen-bond donors (Lipinski definition) is 4. The summed E-state index contributed by atoms with van der Waals surface area (Å²) < 4.78 is 26.1. The van der Waals surface area contributed by atoms with Crippen LogP contribution in [0.2, 0.25) is 0 Å². The van der Waals surface area contributed by atoms with E-state index in [2.05, 4.69) is 4.72 Å². The van der Waals surface area contributed by atoms with Crippen molar-refractivity contribution in [3.8, 4) is 0 Å². The molecule has 0 amide bonds. The molecule has 0 saturated carbocycles. The van der Waals surface area contributed by atoms with E-state index in [4.69, 9.17) is 10.8 Å². The highest BCUT2D eigenvalue weighted by atomic mass is 32.2. The molecule has 18 heavy (non-hydrogen) atoms. The summed E-state index contributed by atoms with van der Waals surface area (Å²) in [6, 6.07) is 4.59. The quantitative estimate of drug-likeness (QED) is 0.546. The molecular weight excluding hydrogens is 256 g/mol. The second kappa shape index (κ2) is 5.23. The van der Waals surface area contributed by atoms with Gasteiger partial charge < -0.3 is 15.9 Å². The highest BCUT2D eigenvalue weighted by Crippen LogP contribution is 2.19. The van der Waals surface area contributed by atoms with Gasteiger partial charge in [-0.3, -0.25) is 0 Å². The molecular formula is C11H18N2O4S. The summed E-state index contributed by atoms with van der Waals surface area (Å²) in [7, 11) is -3.80. The summed E-state index contributed by atoms with van der Waals surface area (Å²) in [5, 5.41) is 18.4. The molecule has 1 aromatic carbocycles. The highest BCUT2D eigenvalue weighted by molar-refractivity contribution is 7.89. The summed E-state index contributed by atoms with van der Waals surface area (Å²) in [4.78, 5) is -0.0400. The molecule has 0 heterocycles. The maximum absolute atomic E-state index is 11.9. The molecule has 0 aliphatic rings. The largest absolute Gasteiger partial charge is 0.398 e. The Morgan fingerprint density at radius 3 is 2.56 bits per heavy atom. The normalized spacial score (nSPS) is 15.3. The Bertz CT molecular complexity index is 526. The van der Waals surface area contributed by atoms with Crippen LogP contribution in [0.15, 0.2) is 23.1 Å². The van der Waals surface area contributed by atoms with E-state index < -0.39 is 22.2 Å². The summed E-state index contributed by atoms with van der Waals surface area (Å²) in [5.74, 6) is 0. The zero-order valence-electron chi connectivity index (χ0n) is 10.3. The van der Waals surface area contributed by atoms with E-state index in [1.165, 1.54) is 13.0 Å². The summed E-state index contributed by atoms with van der Waals surface area (Å²) in [6.07, 6.45) is 0. The molecule has 1 aromatic rings. The maximum atomic E-state index is 11.9. The Labute approximate surface area is 106 Å². The molecule has 0 aromatic heterocycles. The number of aliphatic hydroxyl groups excluding tert-OH is 1. The monoisotopic (exact) mass is 274 g/mol. The van der Waals surface area contributed by atoms with Gasteiger partial charge in [0.05, 0.1) is 17.9 Å². The average molecular weight is 274 g/mol. The molecule has 5 N–H and O–H groups in total. The predicted molar refractivity (Wildman–Crippen MR) is 68.5 cm³/mol. The van der Waals surface area contributed by atoms with Crippen molar-refractivity contribution < 1.29 is 18.6 Å². The van der Waals surface area contributed by atoms with E-state index in [-0.39, 0.29) is 17.1 Å². The van der Waals surface area contributed by atoms with Crippen LogP contribution in [-0.4, -0.2) is 37.4 Å². The molecule has 0 spiro atoms. The molecule has 0 saturated heterocycles. The smallest absolute Gasteiger partial charge is 0.242 e. The van der Waals surface area contributed by atoms with E-state index in [0.29, 0.717) is 0 Å². The lowest BCUT2D eigenvalue weighted by Gasteiger charge is -2.20. The second-order valence-corrected chi connectivity index (χ2v) is 6.26. The van der Waals surface area contributed by atoms with E-state index in [0.717, 1.165) is 5.56 Å². The van der Waals surface area contributed by atoms with Crippen molar-refractivity contribution in [1.82, 2.24) is 4.72 Å². The van der Waals surface area contributed by atoms with Crippen LogP contribution < -0.4 is 10.5 Å². The molecule has 0 bridgehead atoms. The lowest BCUT2D eigenvalue weighted by atomic mass is 10.1. The van der Waals surface area contributed by atoms with E-state index in [1.54, 1.807) is 19.1 Å². The number of sulfonamides is 1. The van der Waals surface area contributed by atoms with Crippen LogP contribution in [0.3, 0.4) is 0 Å². The molecule has 7 heteroatoms. The van der Waals surface area contributed by atoms with Gasteiger partial charge in [-0.15, -0.1) is 0 Å². The molecule has 1 rings (SSSR count). The number of aryl methyl sites for hydroxylation is 1. The van der Waals surface area contributed by atoms with Crippen LogP contribution >= 0.6 is 0 Å². The summed E-state index contributed by atoms with van der Waals surface area (Å²) in [6.45, 7) is 2.29. The number of nitrogen functional groups attached to an aromatic ring is 1. The number of aliphatic hydroxyl groups is 2. The van der Waals surface area contributed by atoms with Gasteiger partial charge in [0.1, 0.15) is 4.90 Å². The zero-order chi connectivity index (χ0) is 14.0. The standard InChI is InChI=1S/C11H18N2O4S/c1-8-3-4-10(9(12)5-8)18(16,17)13-6-11(2,15)7-14/h3-5,13-15H,6-7,12H2,1-2H3. The number of rotatable bonds is 5. The van der Waals surface area contributed by atoms with Gasteiger partial charge in [0.2, 0.25) is 10.0 Å². The number of hydrogen-bond acceptors (Lipinski definition) is 5. The highest BCUT2D eigenvalue weighted by Gasteiger charge is 2.24. The molecule has 0 aliphatic carbocycles. The minimum Gasteiger partial charge on any atom is -0.398 e. The van der Waals surface area contributed by atoms with Crippen molar-refractivity contribution in [2.45, 2.75) is 24.3 Å². The molecule has 0 aliphatic heterocycles. The predicted octanol–water partition coefficient (Wildman–Crippen LogP) is -0.401. The van der Waals surface area contributed by atoms with Gasteiger partial charge in [-0.2, -0.15) is 0 Å². The minimum absolute atomic E-state index is 0.0400. The van der Waals surface area contributed by atoms with Crippen molar-refractivity contribution in [1.29, 1.82) is 0 Å². The van der Waals surface area contributed by atoms with Gasteiger partial charge in [0, 0.05) is 6.54 Å². The topological polar surface area (TPSA) is 113 Å². The van der Waals surface area contributed by atoms with Crippen LogP contribution in [0.25, 0.3) is 0 Å². The lowest BCUT2D eigenvalue weighted by Crippen LogP contribution is -2.43. The van der Waals surface area contributed by atoms with Gasteiger partial charge in [-0.1, -0.05) is 6.07 Å². The number of benzene rings is 1. The Balaban J connectivity index is 2.94. The SMILES string of the molecule is Cc1ccc(S(=O)(=O)NCC(C)(O)CO)c(N)c1. The van der Waals surface area contributed by atoms with Gasteiger partial charge in [0.25, 0.3) is 0 Å². The van der Waals surface area contributed by atoms with E-state index in [1.807, 2.05) is 0 Å². The fourth-order valence-corrected chi connectivity index (χ4v) is 2.57. The number of anilines is 1. The summed E-state index contributed by atoms with van der Waals surface area (Å²) >= 11 is 0. The summed E-state index contributed by atoms with van der Waals surface area (Å²) in [5.41, 5.74) is 5.14. The van der Waals surface area contributed by atoms with Gasteiger partial charge in [-0.05, 0) is 31.5 Å². The first-order chi connectivity index (χ1) is 8.18.